The summed E-state index contributed by atoms with van der Waals surface area (Å²) in [7, 11) is 0. The molecule has 9 nitrogen and oxygen atoms in total. The number of carbonyl (C=O) groups excluding carboxylic acids is 4. The number of furan rings is 1. The number of hydrogen-bond donors (Lipinski definition) is 3. The van der Waals surface area contributed by atoms with Gasteiger partial charge in [0.15, 0.2) is 0 Å². The summed E-state index contributed by atoms with van der Waals surface area (Å²) in [6.45, 7) is 9.10. The molecule has 2 heterocycles. The fourth-order valence-corrected chi connectivity index (χ4v) is 4.88. The summed E-state index contributed by atoms with van der Waals surface area (Å²) in [5.74, 6) is -0.306. The van der Waals surface area contributed by atoms with Gasteiger partial charge in [-0.05, 0) is 50.5 Å². The molecule has 29 heavy (non-hydrogen) atoms. The van der Waals surface area contributed by atoms with Crippen molar-refractivity contribution in [3.8, 4) is 0 Å². The van der Waals surface area contributed by atoms with Crippen molar-refractivity contribution in [2.75, 3.05) is 6.54 Å². The van der Waals surface area contributed by atoms with E-state index in [0.29, 0.717) is 29.9 Å². The highest BCUT2D eigenvalue weighted by atomic mass is 16.3. The van der Waals surface area contributed by atoms with E-state index in [1.807, 2.05) is 0 Å². The second-order valence-electron chi connectivity index (χ2n) is 9.09. The van der Waals surface area contributed by atoms with E-state index in [-0.39, 0.29) is 17.2 Å². The van der Waals surface area contributed by atoms with Gasteiger partial charge in [0.25, 0.3) is 17.7 Å². The molecule has 1 aliphatic heterocycles. The highest BCUT2D eigenvalue weighted by Crippen LogP contribution is 2.46. The Hall–Kier alpha value is -2.84. The minimum atomic E-state index is -0.965. The van der Waals surface area contributed by atoms with E-state index in [0.717, 1.165) is 11.3 Å². The van der Waals surface area contributed by atoms with Crippen molar-refractivity contribution in [1.82, 2.24) is 21.1 Å². The Kier molecular flexibility index (Phi) is 5.19. The quantitative estimate of drug-likeness (QED) is 0.524. The van der Waals surface area contributed by atoms with Gasteiger partial charge in [-0.3, -0.25) is 30.1 Å². The van der Waals surface area contributed by atoms with Crippen LogP contribution in [0.25, 0.3) is 0 Å². The summed E-state index contributed by atoms with van der Waals surface area (Å²) >= 11 is 0. The van der Waals surface area contributed by atoms with Crippen molar-refractivity contribution in [2.45, 2.75) is 59.4 Å². The van der Waals surface area contributed by atoms with Gasteiger partial charge in [-0.2, -0.15) is 0 Å². The lowest BCUT2D eigenvalue weighted by Gasteiger charge is -2.43. The number of carbonyl (C=O) groups is 4. The Balaban J connectivity index is 1.62. The molecule has 0 unspecified atom stereocenters. The van der Waals surface area contributed by atoms with Gasteiger partial charge in [-0.25, -0.2) is 4.79 Å². The molecule has 2 atom stereocenters. The zero-order valence-corrected chi connectivity index (χ0v) is 17.5. The highest BCUT2D eigenvalue weighted by molar-refractivity contribution is 6.09. The van der Waals surface area contributed by atoms with Gasteiger partial charge in [0, 0.05) is 0 Å². The van der Waals surface area contributed by atoms with Crippen LogP contribution in [0.5, 0.6) is 0 Å². The van der Waals surface area contributed by atoms with Gasteiger partial charge in [-0.15, -0.1) is 0 Å². The zero-order valence-electron chi connectivity index (χ0n) is 17.5. The molecule has 0 bridgehead atoms. The van der Waals surface area contributed by atoms with E-state index in [4.69, 9.17) is 4.42 Å². The predicted molar refractivity (Wildman–Crippen MR) is 104 cm³/mol. The molecule has 0 radical (unpaired) electrons. The summed E-state index contributed by atoms with van der Waals surface area (Å²) < 4.78 is 5.29. The molecule has 1 aromatic rings. The molecule has 1 aliphatic carbocycles. The number of rotatable bonds is 3. The van der Waals surface area contributed by atoms with Crippen LogP contribution >= 0.6 is 0 Å². The lowest BCUT2D eigenvalue weighted by atomic mass is 9.64. The highest BCUT2D eigenvalue weighted by Gasteiger charge is 2.56. The average Bonchev–Trinajstić information content (AvgIpc) is 3.02. The van der Waals surface area contributed by atoms with Crippen LogP contribution in [0, 0.1) is 25.2 Å². The molecule has 2 aliphatic rings. The lowest BCUT2D eigenvalue weighted by molar-refractivity contribution is -0.137. The fraction of sp³-hybridized carbons (Fsp3) is 0.600. The SMILES string of the molecule is Cc1cc(C(=O)NNC(=O)CN2C(=O)N[C@]3(C[C@H](C)CC(C)(C)C3)C2=O)c(C)o1. The van der Waals surface area contributed by atoms with Crippen LogP contribution in [0.1, 0.15) is 61.9 Å². The monoisotopic (exact) mass is 404 g/mol. The van der Waals surface area contributed by atoms with Crippen LogP contribution in [0.2, 0.25) is 0 Å². The molecule has 9 heteroatoms. The third kappa shape index (κ3) is 4.13. The number of imide groups is 1. The number of hydrazine groups is 1. The topological polar surface area (TPSA) is 121 Å². The van der Waals surface area contributed by atoms with E-state index >= 15 is 0 Å². The Morgan fingerprint density at radius 1 is 1.24 bits per heavy atom. The van der Waals surface area contributed by atoms with Crippen molar-refractivity contribution < 1.29 is 23.6 Å². The van der Waals surface area contributed by atoms with Gasteiger partial charge >= 0.3 is 6.03 Å². The van der Waals surface area contributed by atoms with Gasteiger partial charge in [0.1, 0.15) is 23.6 Å². The van der Waals surface area contributed by atoms with Crippen molar-refractivity contribution in [3.63, 3.8) is 0 Å². The van der Waals surface area contributed by atoms with Crippen LogP contribution < -0.4 is 16.2 Å². The number of nitrogens with zero attached hydrogens (tertiary/aromatic N) is 1. The Morgan fingerprint density at radius 3 is 2.52 bits per heavy atom. The smallest absolute Gasteiger partial charge is 0.325 e. The molecular weight excluding hydrogens is 376 g/mol. The van der Waals surface area contributed by atoms with Crippen molar-refractivity contribution >= 4 is 23.8 Å². The van der Waals surface area contributed by atoms with Crippen molar-refractivity contribution in [1.29, 1.82) is 0 Å². The number of hydrogen-bond acceptors (Lipinski definition) is 5. The third-order valence-corrected chi connectivity index (χ3v) is 5.53. The predicted octanol–water partition coefficient (Wildman–Crippen LogP) is 1.79. The zero-order chi connectivity index (χ0) is 21.6. The summed E-state index contributed by atoms with van der Waals surface area (Å²) in [5, 5.41) is 2.82. The summed E-state index contributed by atoms with van der Waals surface area (Å²) in [6.07, 6.45) is 2.05. The molecule has 1 aromatic heterocycles. The number of nitrogens with one attached hydrogen (secondary N) is 3. The largest absolute Gasteiger partial charge is 0.466 e. The second kappa shape index (κ2) is 7.20. The van der Waals surface area contributed by atoms with E-state index in [1.165, 1.54) is 0 Å². The van der Waals surface area contributed by atoms with Crippen LogP contribution in [0.3, 0.4) is 0 Å². The van der Waals surface area contributed by atoms with Gasteiger partial charge < -0.3 is 9.73 Å². The van der Waals surface area contributed by atoms with Crippen LogP contribution in [0.4, 0.5) is 4.79 Å². The normalized spacial score (nSPS) is 25.8. The molecule has 158 valence electrons. The molecule has 3 rings (SSSR count). The lowest BCUT2D eigenvalue weighted by Crippen LogP contribution is -2.54. The van der Waals surface area contributed by atoms with Gasteiger partial charge in [-0.1, -0.05) is 20.8 Å². The summed E-state index contributed by atoms with van der Waals surface area (Å²) in [6, 6.07) is 0.979. The molecular formula is C20H28N4O5. The minimum absolute atomic E-state index is 0.0898. The van der Waals surface area contributed by atoms with Crippen LogP contribution in [-0.4, -0.2) is 40.7 Å². The second-order valence-corrected chi connectivity index (χ2v) is 9.09. The molecule has 5 amide bonds. The Labute approximate surface area is 169 Å². The molecule has 1 saturated heterocycles. The van der Waals surface area contributed by atoms with Crippen molar-refractivity contribution in [3.05, 3.63) is 23.2 Å². The Bertz CT molecular complexity index is 874. The molecule has 0 aromatic carbocycles. The summed E-state index contributed by atoms with van der Waals surface area (Å²) in [4.78, 5) is 50.8. The molecule has 1 saturated carbocycles. The molecule has 3 N–H and O–H groups in total. The maximum absolute atomic E-state index is 13.0. The first-order valence-electron chi connectivity index (χ1n) is 9.73. The number of aryl methyl sites for hydroxylation is 2. The first-order valence-corrected chi connectivity index (χ1v) is 9.73. The number of amides is 5. The van der Waals surface area contributed by atoms with E-state index in [2.05, 4.69) is 36.9 Å². The Morgan fingerprint density at radius 2 is 1.93 bits per heavy atom. The van der Waals surface area contributed by atoms with Crippen LogP contribution in [-0.2, 0) is 9.59 Å². The van der Waals surface area contributed by atoms with Crippen LogP contribution in [0.15, 0.2) is 10.5 Å². The van der Waals surface area contributed by atoms with Crippen molar-refractivity contribution in [2.24, 2.45) is 11.3 Å². The molecule has 2 fully saturated rings. The number of urea groups is 1. The maximum Gasteiger partial charge on any atom is 0.325 e. The van der Waals surface area contributed by atoms with Gasteiger partial charge in [0.2, 0.25) is 0 Å². The fourth-order valence-electron chi connectivity index (χ4n) is 4.88. The molecule has 1 spiro atoms. The maximum atomic E-state index is 13.0. The first-order chi connectivity index (χ1) is 13.4. The first kappa shape index (κ1) is 20.9. The standard InChI is InChI=1S/C20H28N4O5/c1-11-7-19(4,5)10-20(8-11)17(27)24(18(28)21-20)9-15(25)22-23-16(26)14-6-12(2)29-13(14)3/h6,11H,7-10H2,1-5H3,(H,21,28)(H,22,25)(H,23,26)/t11-,20+/m1/s1. The van der Waals surface area contributed by atoms with E-state index in [9.17, 15) is 19.2 Å². The van der Waals surface area contributed by atoms with E-state index in [1.54, 1.807) is 19.9 Å². The average molecular weight is 404 g/mol. The minimum Gasteiger partial charge on any atom is -0.466 e. The third-order valence-electron chi connectivity index (χ3n) is 5.53. The van der Waals surface area contributed by atoms with Gasteiger partial charge in [0.05, 0.1) is 5.56 Å². The summed E-state index contributed by atoms with van der Waals surface area (Å²) in [5.41, 5.74) is 3.77. The van der Waals surface area contributed by atoms with E-state index < -0.39 is 29.9 Å².